The molecule has 0 amide bonds. The average Bonchev–Trinajstić information content (AvgIpc) is 2.15. The molecular formula is C9H13NO2. The van der Waals surface area contributed by atoms with Gasteiger partial charge in [-0.15, -0.1) is 0 Å². The molecule has 0 aromatic carbocycles. The lowest BCUT2D eigenvalue weighted by molar-refractivity contribution is 0.0418. The van der Waals surface area contributed by atoms with Crippen LogP contribution in [0.25, 0.3) is 0 Å². The molecule has 0 radical (unpaired) electrons. The SMILES string of the molecule is CCOCC(O)c1cccnc1. The summed E-state index contributed by atoms with van der Waals surface area (Å²) in [5.41, 5.74) is 0.797. The summed E-state index contributed by atoms with van der Waals surface area (Å²) in [4.78, 5) is 3.90. The van der Waals surface area contributed by atoms with Gasteiger partial charge >= 0.3 is 0 Å². The van der Waals surface area contributed by atoms with Gasteiger partial charge in [0, 0.05) is 24.6 Å². The molecule has 0 aliphatic rings. The molecule has 1 aromatic heterocycles. The second-order valence-corrected chi connectivity index (χ2v) is 2.46. The van der Waals surface area contributed by atoms with Crippen LogP contribution in [0.15, 0.2) is 24.5 Å². The number of pyridine rings is 1. The van der Waals surface area contributed by atoms with Crippen LogP contribution < -0.4 is 0 Å². The summed E-state index contributed by atoms with van der Waals surface area (Å²) in [6.45, 7) is 2.86. The van der Waals surface area contributed by atoms with E-state index in [9.17, 15) is 5.11 Å². The van der Waals surface area contributed by atoms with Gasteiger partial charge in [0.2, 0.25) is 0 Å². The molecule has 1 N–H and O–H groups in total. The number of aliphatic hydroxyl groups is 1. The number of ether oxygens (including phenoxy) is 1. The molecule has 1 atom stereocenters. The molecule has 66 valence electrons. The molecule has 1 unspecified atom stereocenters. The Kier molecular flexibility index (Phi) is 3.70. The molecule has 0 spiro atoms. The Labute approximate surface area is 72.0 Å². The fourth-order valence-corrected chi connectivity index (χ4v) is 0.899. The average molecular weight is 167 g/mol. The zero-order chi connectivity index (χ0) is 8.81. The Hall–Kier alpha value is -0.930. The van der Waals surface area contributed by atoms with Crippen molar-refractivity contribution in [1.82, 2.24) is 4.98 Å². The number of aromatic nitrogens is 1. The summed E-state index contributed by atoms with van der Waals surface area (Å²) in [7, 11) is 0. The minimum Gasteiger partial charge on any atom is -0.386 e. The van der Waals surface area contributed by atoms with Crippen molar-refractivity contribution >= 4 is 0 Å². The number of aliphatic hydroxyl groups excluding tert-OH is 1. The van der Waals surface area contributed by atoms with Gasteiger partial charge in [-0.1, -0.05) is 6.07 Å². The first-order valence-electron chi connectivity index (χ1n) is 4.00. The van der Waals surface area contributed by atoms with Gasteiger partial charge in [-0.3, -0.25) is 4.98 Å². The highest BCUT2D eigenvalue weighted by Gasteiger charge is 2.05. The van der Waals surface area contributed by atoms with Crippen LogP contribution in [0.4, 0.5) is 0 Å². The summed E-state index contributed by atoms with van der Waals surface area (Å²) >= 11 is 0. The van der Waals surface area contributed by atoms with E-state index in [-0.39, 0.29) is 0 Å². The van der Waals surface area contributed by atoms with Crippen LogP contribution in [0.5, 0.6) is 0 Å². The van der Waals surface area contributed by atoms with Crippen molar-refractivity contribution in [2.45, 2.75) is 13.0 Å². The van der Waals surface area contributed by atoms with E-state index >= 15 is 0 Å². The maximum Gasteiger partial charge on any atom is 0.104 e. The van der Waals surface area contributed by atoms with Crippen LogP contribution >= 0.6 is 0 Å². The standard InChI is InChI=1S/C9H13NO2/c1-2-12-7-9(11)8-4-3-5-10-6-8/h3-6,9,11H,2,7H2,1H3. The molecule has 1 heterocycles. The monoisotopic (exact) mass is 167 g/mol. The van der Waals surface area contributed by atoms with Crippen molar-refractivity contribution in [2.75, 3.05) is 13.2 Å². The lowest BCUT2D eigenvalue weighted by Crippen LogP contribution is -2.06. The van der Waals surface area contributed by atoms with Crippen molar-refractivity contribution < 1.29 is 9.84 Å². The van der Waals surface area contributed by atoms with Gasteiger partial charge in [-0.05, 0) is 13.0 Å². The lowest BCUT2D eigenvalue weighted by atomic mass is 10.2. The third kappa shape index (κ3) is 2.60. The summed E-state index contributed by atoms with van der Waals surface area (Å²) in [5.74, 6) is 0. The summed E-state index contributed by atoms with van der Waals surface area (Å²) in [6, 6.07) is 3.63. The molecule has 3 nitrogen and oxygen atoms in total. The van der Waals surface area contributed by atoms with Gasteiger partial charge in [-0.2, -0.15) is 0 Å². The van der Waals surface area contributed by atoms with Gasteiger partial charge in [0.15, 0.2) is 0 Å². The normalized spacial score (nSPS) is 12.8. The maximum absolute atomic E-state index is 9.49. The maximum atomic E-state index is 9.49. The van der Waals surface area contributed by atoms with Crippen LogP contribution in [0.1, 0.15) is 18.6 Å². The Bertz CT molecular complexity index is 213. The van der Waals surface area contributed by atoms with E-state index in [4.69, 9.17) is 4.74 Å². The first-order valence-corrected chi connectivity index (χ1v) is 4.00. The highest BCUT2D eigenvalue weighted by molar-refractivity contribution is 5.11. The molecule has 0 aliphatic heterocycles. The van der Waals surface area contributed by atoms with Gasteiger partial charge in [0.25, 0.3) is 0 Å². The molecule has 0 saturated carbocycles. The first-order chi connectivity index (χ1) is 5.84. The molecule has 0 saturated heterocycles. The second-order valence-electron chi connectivity index (χ2n) is 2.46. The van der Waals surface area contributed by atoms with E-state index in [1.807, 2.05) is 13.0 Å². The summed E-state index contributed by atoms with van der Waals surface area (Å²) < 4.78 is 5.07. The fourth-order valence-electron chi connectivity index (χ4n) is 0.899. The second kappa shape index (κ2) is 4.85. The van der Waals surface area contributed by atoms with Crippen molar-refractivity contribution in [1.29, 1.82) is 0 Å². The van der Waals surface area contributed by atoms with Gasteiger partial charge < -0.3 is 9.84 Å². The summed E-state index contributed by atoms with van der Waals surface area (Å²) in [6.07, 6.45) is 2.76. The molecule has 3 heteroatoms. The van der Waals surface area contributed by atoms with Crippen molar-refractivity contribution in [3.63, 3.8) is 0 Å². The third-order valence-corrected chi connectivity index (χ3v) is 1.55. The summed E-state index contributed by atoms with van der Waals surface area (Å²) in [5, 5.41) is 9.49. The fraction of sp³-hybridized carbons (Fsp3) is 0.444. The van der Waals surface area contributed by atoms with Crippen LogP contribution in [0, 0.1) is 0 Å². The minimum absolute atomic E-state index is 0.336. The van der Waals surface area contributed by atoms with E-state index < -0.39 is 6.10 Å². The van der Waals surface area contributed by atoms with Gasteiger partial charge in [0.1, 0.15) is 6.10 Å². The van der Waals surface area contributed by atoms with Crippen LogP contribution in [0.2, 0.25) is 0 Å². The van der Waals surface area contributed by atoms with E-state index in [1.54, 1.807) is 18.5 Å². The molecule has 1 rings (SSSR count). The molecule has 0 aliphatic carbocycles. The molecule has 1 aromatic rings. The number of nitrogens with zero attached hydrogens (tertiary/aromatic N) is 1. The van der Waals surface area contributed by atoms with Crippen LogP contribution in [0.3, 0.4) is 0 Å². The topological polar surface area (TPSA) is 42.4 Å². The minimum atomic E-state index is -0.557. The Morgan fingerprint density at radius 2 is 2.50 bits per heavy atom. The van der Waals surface area contributed by atoms with Crippen molar-refractivity contribution in [3.8, 4) is 0 Å². The number of hydrogen-bond donors (Lipinski definition) is 1. The quantitative estimate of drug-likeness (QED) is 0.731. The highest BCUT2D eigenvalue weighted by Crippen LogP contribution is 2.10. The lowest BCUT2D eigenvalue weighted by Gasteiger charge is -2.09. The zero-order valence-electron chi connectivity index (χ0n) is 7.10. The van der Waals surface area contributed by atoms with Crippen molar-refractivity contribution in [2.24, 2.45) is 0 Å². The van der Waals surface area contributed by atoms with E-state index in [2.05, 4.69) is 4.98 Å². The molecule has 0 fully saturated rings. The number of hydrogen-bond acceptors (Lipinski definition) is 3. The first kappa shape index (κ1) is 9.16. The zero-order valence-corrected chi connectivity index (χ0v) is 7.10. The smallest absolute Gasteiger partial charge is 0.104 e. The molecule has 0 bridgehead atoms. The van der Waals surface area contributed by atoms with E-state index in [1.165, 1.54) is 0 Å². The number of rotatable bonds is 4. The molecular weight excluding hydrogens is 154 g/mol. The van der Waals surface area contributed by atoms with Gasteiger partial charge in [-0.25, -0.2) is 0 Å². The van der Waals surface area contributed by atoms with Crippen molar-refractivity contribution in [3.05, 3.63) is 30.1 Å². The van der Waals surface area contributed by atoms with E-state index in [0.717, 1.165) is 5.56 Å². The third-order valence-electron chi connectivity index (χ3n) is 1.55. The Morgan fingerprint density at radius 3 is 3.08 bits per heavy atom. The highest BCUT2D eigenvalue weighted by atomic mass is 16.5. The largest absolute Gasteiger partial charge is 0.386 e. The predicted octanol–water partition coefficient (Wildman–Crippen LogP) is 1.15. The predicted molar refractivity (Wildman–Crippen MR) is 45.7 cm³/mol. The van der Waals surface area contributed by atoms with E-state index in [0.29, 0.717) is 13.2 Å². The van der Waals surface area contributed by atoms with Crippen LogP contribution in [-0.2, 0) is 4.74 Å². The molecule has 12 heavy (non-hydrogen) atoms. The Balaban J connectivity index is 2.48. The van der Waals surface area contributed by atoms with Gasteiger partial charge in [0.05, 0.1) is 6.61 Å². The Morgan fingerprint density at radius 1 is 1.67 bits per heavy atom. The van der Waals surface area contributed by atoms with Crippen LogP contribution in [-0.4, -0.2) is 23.3 Å².